The van der Waals surface area contributed by atoms with E-state index in [1.165, 1.54) is 0 Å². The molecule has 12 heteroatoms. The maximum Gasteiger partial charge on any atom is 0.186 e. The van der Waals surface area contributed by atoms with Gasteiger partial charge in [-0.05, 0) is 57.3 Å². The quantitative estimate of drug-likeness (QED) is 0.229. The Labute approximate surface area is 223 Å². The molecule has 3 aliphatic heterocycles. The van der Waals surface area contributed by atoms with Crippen LogP contribution in [0.5, 0.6) is 0 Å². The van der Waals surface area contributed by atoms with Gasteiger partial charge < -0.3 is 59.1 Å². The molecule has 14 atom stereocenters. The van der Waals surface area contributed by atoms with Crippen LogP contribution in [0.1, 0.15) is 52.4 Å². The van der Waals surface area contributed by atoms with Crippen molar-refractivity contribution in [3.63, 3.8) is 0 Å². The van der Waals surface area contributed by atoms with E-state index < -0.39 is 74.1 Å². The number of aliphatic hydroxyl groups is 6. The van der Waals surface area contributed by atoms with Crippen molar-refractivity contribution in [3.8, 4) is 0 Å². The van der Waals surface area contributed by atoms with Crippen molar-refractivity contribution in [3.05, 3.63) is 0 Å². The molecule has 0 spiro atoms. The van der Waals surface area contributed by atoms with E-state index in [4.69, 9.17) is 28.4 Å². The molecule has 0 aromatic rings. The molecule has 1 saturated carbocycles. The largest absolute Gasteiger partial charge is 0.394 e. The number of fused-ring (bicyclic) bond motifs is 1. The summed E-state index contributed by atoms with van der Waals surface area (Å²) in [5, 5.41) is 60.8. The molecule has 12 nitrogen and oxygen atoms in total. The average molecular weight is 551 g/mol. The van der Waals surface area contributed by atoms with Gasteiger partial charge in [0.05, 0.1) is 38.1 Å². The first kappa shape index (κ1) is 30.5. The second-order valence-electron chi connectivity index (χ2n) is 11.3. The van der Waals surface area contributed by atoms with Crippen molar-refractivity contribution >= 4 is 0 Å². The smallest absolute Gasteiger partial charge is 0.186 e. The summed E-state index contributed by atoms with van der Waals surface area (Å²) in [7, 11) is 0. The molecular weight excluding hydrogens is 504 g/mol. The number of rotatable bonds is 7. The lowest BCUT2D eigenvalue weighted by Crippen LogP contribution is -2.61. The fourth-order valence-corrected chi connectivity index (χ4v) is 5.86. The molecule has 4 rings (SSSR count). The van der Waals surface area contributed by atoms with Gasteiger partial charge in [-0.25, -0.2) is 0 Å². The van der Waals surface area contributed by atoms with Gasteiger partial charge in [0, 0.05) is 6.61 Å². The van der Waals surface area contributed by atoms with E-state index in [1.807, 2.05) is 0 Å². The molecule has 4 fully saturated rings. The first-order chi connectivity index (χ1) is 18.2. The zero-order valence-corrected chi connectivity index (χ0v) is 22.3. The van der Waals surface area contributed by atoms with Gasteiger partial charge in [0.15, 0.2) is 12.6 Å². The van der Waals surface area contributed by atoms with Crippen LogP contribution < -0.4 is 0 Å². The van der Waals surface area contributed by atoms with Gasteiger partial charge in [-0.1, -0.05) is 6.92 Å². The summed E-state index contributed by atoms with van der Waals surface area (Å²) in [6.45, 7) is 3.83. The van der Waals surface area contributed by atoms with Crippen molar-refractivity contribution in [2.24, 2.45) is 11.8 Å². The molecular formula is C26H46O12. The summed E-state index contributed by atoms with van der Waals surface area (Å²) < 4.78 is 35.9. The normalized spacial score (nSPS) is 48.9. The topological polar surface area (TPSA) is 177 Å². The van der Waals surface area contributed by atoms with Crippen molar-refractivity contribution < 1.29 is 59.1 Å². The maximum absolute atomic E-state index is 10.8. The zero-order valence-electron chi connectivity index (χ0n) is 22.3. The summed E-state index contributed by atoms with van der Waals surface area (Å²) in [5.41, 5.74) is 0. The van der Waals surface area contributed by atoms with Gasteiger partial charge in [0.2, 0.25) is 0 Å². The molecule has 14 unspecified atom stereocenters. The minimum Gasteiger partial charge on any atom is -0.394 e. The second-order valence-corrected chi connectivity index (χ2v) is 11.3. The molecule has 222 valence electrons. The molecule has 3 heterocycles. The summed E-state index contributed by atoms with van der Waals surface area (Å²) in [6.07, 6.45) is -6.23. The van der Waals surface area contributed by atoms with E-state index in [9.17, 15) is 30.6 Å². The van der Waals surface area contributed by atoms with Crippen LogP contribution in [-0.4, -0.2) is 131 Å². The lowest BCUT2D eigenvalue weighted by atomic mass is 9.81. The number of hydrogen-bond acceptors (Lipinski definition) is 12. The van der Waals surface area contributed by atoms with Crippen LogP contribution >= 0.6 is 0 Å². The third kappa shape index (κ3) is 7.04. The minimum absolute atomic E-state index is 0.0915. The van der Waals surface area contributed by atoms with Gasteiger partial charge in [0.1, 0.15) is 42.7 Å². The van der Waals surface area contributed by atoms with Gasteiger partial charge in [0.25, 0.3) is 0 Å². The highest BCUT2D eigenvalue weighted by atomic mass is 16.7. The molecule has 0 aromatic carbocycles. The number of ether oxygens (including phenoxy) is 6. The van der Waals surface area contributed by atoms with Crippen molar-refractivity contribution in [2.75, 3.05) is 26.4 Å². The summed E-state index contributed by atoms with van der Waals surface area (Å²) in [4.78, 5) is 0. The minimum atomic E-state index is -1.36. The van der Waals surface area contributed by atoms with E-state index in [0.29, 0.717) is 26.1 Å². The van der Waals surface area contributed by atoms with E-state index in [0.717, 1.165) is 25.7 Å². The van der Waals surface area contributed by atoms with Crippen LogP contribution in [0.2, 0.25) is 0 Å². The number of aliphatic hydroxyl groups excluding tert-OH is 6. The maximum atomic E-state index is 10.8. The second kappa shape index (κ2) is 13.9. The molecule has 0 radical (unpaired) electrons. The van der Waals surface area contributed by atoms with Crippen LogP contribution in [0, 0.1) is 11.8 Å². The SMILES string of the molecule is CC1CCC(COC2OC(CO)C(O)C3OC(CO)CCCCOC23)CC1OC1OC(C)C(O)C(O)C1O. The van der Waals surface area contributed by atoms with Gasteiger partial charge in [-0.2, -0.15) is 0 Å². The lowest BCUT2D eigenvalue weighted by Gasteiger charge is -2.45. The standard InChI is InChI=1S/C26H46O12/c1-13-6-7-15(9-17(13)37-25-22(32)21(31)19(29)14(2)35-25)12-34-26-24-23(20(30)18(11-28)38-26)36-16(10-27)5-3-4-8-33-24/h13-32H,3-12H2,1-2H3. The predicted octanol–water partition coefficient (Wildman–Crippen LogP) is -0.955. The van der Waals surface area contributed by atoms with Gasteiger partial charge >= 0.3 is 0 Å². The summed E-state index contributed by atoms with van der Waals surface area (Å²) in [6, 6.07) is 0. The van der Waals surface area contributed by atoms with E-state index >= 15 is 0 Å². The Bertz CT molecular complexity index is 714. The first-order valence-electron chi connectivity index (χ1n) is 14.0. The van der Waals surface area contributed by atoms with Gasteiger partial charge in [-0.3, -0.25) is 0 Å². The molecule has 4 aliphatic rings. The molecule has 0 aromatic heterocycles. The fraction of sp³-hybridized carbons (Fsp3) is 1.00. The van der Waals surface area contributed by atoms with Crippen molar-refractivity contribution in [1.82, 2.24) is 0 Å². The van der Waals surface area contributed by atoms with Crippen LogP contribution in [0.3, 0.4) is 0 Å². The highest BCUT2D eigenvalue weighted by Crippen LogP contribution is 2.35. The van der Waals surface area contributed by atoms with E-state index in [2.05, 4.69) is 6.92 Å². The van der Waals surface area contributed by atoms with E-state index in [1.54, 1.807) is 6.92 Å². The van der Waals surface area contributed by atoms with Crippen molar-refractivity contribution in [2.45, 2.75) is 126 Å². The number of hydrogen-bond donors (Lipinski definition) is 6. The lowest BCUT2D eigenvalue weighted by molar-refractivity contribution is -0.325. The zero-order chi connectivity index (χ0) is 27.4. The molecule has 1 aliphatic carbocycles. The molecule has 6 N–H and O–H groups in total. The summed E-state index contributed by atoms with van der Waals surface area (Å²) in [5.74, 6) is 0.279. The summed E-state index contributed by atoms with van der Waals surface area (Å²) >= 11 is 0. The van der Waals surface area contributed by atoms with Crippen LogP contribution in [0.15, 0.2) is 0 Å². The Morgan fingerprint density at radius 3 is 2.29 bits per heavy atom. The first-order valence-corrected chi connectivity index (χ1v) is 14.0. The molecule has 38 heavy (non-hydrogen) atoms. The van der Waals surface area contributed by atoms with Crippen LogP contribution in [0.4, 0.5) is 0 Å². The Morgan fingerprint density at radius 2 is 1.55 bits per heavy atom. The molecule has 0 amide bonds. The van der Waals surface area contributed by atoms with E-state index in [-0.39, 0.29) is 24.5 Å². The Balaban J connectivity index is 1.38. The highest BCUT2D eigenvalue weighted by Gasteiger charge is 2.49. The molecule has 3 saturated heterocycles. The average Bonchev–Trinajstić information content (AvgIpc) is 3.02. The van der Waals surface area contributed by atoms with Crippen LogP contribution in [0.25, 0.3) is 0 Å². The predicted molar refractivity (Wildman–Crippen MR) is 131 cm³/mol. The van der Waals surface area contributed by atoms with Gasteiger partial charge in [-0.15, -0.1) is 0 Å². The molecule has 0 bridgehead atoms. The van der Waals surface area contributed by atoms with Crippen LogP contribution in [-0.2, 0) is 28.4 Å². The third-order valence-electron chi connectivity index (χ3n) is 8.43. The third-order valence-corrected chi connectivity index (χ3v) is 8.43. The Hall–Kier alpha value is -0.480. The van der Waals surface area contributed by atoms with Crippen molar-refractivity contribution in [1.29, 1.82) is 0 Å². The Morgan fingerprint density at radius 1 is 0.763 bits per heavy atom. The Kier molecular flexibility index (Phi) is 11.2. The monoisotopic (exact) mass is 550 g/mol. The highest BCUT2D eigenvalue weighted by molar-refractivity contribution is 4.93. The fourth-order valence-electron chi connectivity index (χ4n) is 5.86.